The van der Waals surface area contributed by atoms with Gasteiger partial charge in [-0.15, -0.1) is 0 Å². The van der Waals surface area contributed by atoms with E-state index in [1.165, 1.54) is 0 Å². The SMILES string of the molecule is CCCNc1cc(CC)nc(-c2ccccn2)n1. The van der Waals surface area contributed by atoms with Crippen molar-refractivity contribution in [3.05, 3.63) is 36.2 Å². The summed E-state index contributed by atoms with van der Waals surface area (Å²) in [5.41, 5.74) is 1.84. The molecule has 1 N–H and O–H groups in total. The molecule has 0 aliphatic rings. The number of nitrogens with one attached hydrogen (secondary N) is 1. The van der Waals surface area contributed by atoms with Crippen molar-refractivity contribution >= 4 is 5.82 Å². The maximum atomic E-state index is 4.52. The molecule has 2 heterocycles. The zero-order valence-corrected chi connectivity index (χ0v) is 10.8. The molecule has 0 spiro atoms. The lowest BCUT2D eigenvalue weighted by atomic mass is 10.2. The van der Waals surface area contributed by atoms with E-state index in [1.807, 2.05) is 24.3 Å². The van der Waals surface area contributed by atoms with Crippen LogP contribution in [0.25, 0.3) is 11.5 Å². The molecule has 0 bridgehead atoms. The molecular weight excluding hydrogens is 224 g/mol. The summed E-state index contributed by atoms with van der Waals surface area (Å²) in [5.74, 6) is 1.57. The summed E-state index contributed by atoms with van der Waals surface area (Å²) in [4.78, 5) is 13.3. The summed E-state index contributed by atoms with van der Waals surface area (Å²) < 4.78 is 0. The van der Waals surface area contributed by atoms with Crippen LogP contribution in [0, 0.1) is 0 Å². The number of pyridine rings is 1. The molecule has 0 amide bonds. The molecule has 0 aliphatic carbocycles. The Kier molecular flexibility index (Phi) is 4.23. The van der Waals surface area contributed by atoms with E-state index in [9.17, 15) is 0 Å². The fraction of sp³-hybridized carbons (Fsp3) is 0.357. The molecule has 0 radical (unpaired) electrons. The lowest BCUT2D eigenvalue weighted by molar-refractivity contribution is 0.949. The number of aryl methyl sites for hydroxylation is 1. The Morgan fingerprint density at radius 2 is 2.06 bits per heavy atom. The second-order valence-electron chi connectivity index (χ2n) is 4.06. The van der Waals surface area contributed by atoms with Crippen molar-refractivity contribution < 1.29 is 0 Å². The molecule has 94 valence electrons. The first-order valence-corrected chi connectivity index (χ1v) is 6.36. The van der Waals surface area contributed by atoms with Crippen molar-refractivity contribution in [3.63, 3.8) is 0 Å². The molecule has 0 fully saturated rings. The molecule has 2 rings (SSSR count). The highest BCUT2D eigenvalue weighted by molar-refractivity contribution is 5.52. The van der Waals surface area contributed by atoms with Gasteiger partial charge < -0.3 is 5.32 Å². The van der Waals surface area contributed by atoms with Crippen molar-refractivity contribution in [3.8, 4) is 11.5 Å². The van der Waals surface area contributed by atoms with E-state index in [-0.39, 0.29) is 0 Å². The Labute approximate surface area is 108 Å². The van der Waals surface area contributed by atoms with Crippen LogP contribution < -0.4 is 5.32 Å². The van der Waals surface area contributed by atoms with Crippen molar-refractivity contribution in [1.29, 1.82) is 0 Å². The Hall–Kier alpha value is -1.97. The van der Waals surface area contributed by atoms with E-state index >= 15 is 0 Å². The quantitative estimate of drug-likeness (QED) is 0.875. The molecular formula is C14H18N4. The average Bonchev–Trinajstić information content (AvgIpc) is 2.45. The summed E-state index contributed by atoms with van der Waals surface area (Å²) in [7, 11) is 0. The monoisotopic (exact) mass is 242 g/mol. The number of hydrogen-bond acceptors (Lipinski definition) is 4. The summed E-state index contributed by atoms with van der Waals surface area (Å²) in [6, 6.07) is 7.77. The lowest BCUT2D eigenvalue weighted by Gasteiger charge is -2.08. The van der Waals surface area contributed by atoms with Gasteiger partial charge in [0.2, 0.25) is 0 Å². The van der Waals surface area contributed by atoms with Gasteiger partial charge in [-0.05, 0) is 25.0 Å². The maximum Gasteiger partial charge on any atom is 0.180 e. The van der Waals surface area contributed by atoms with E-state index in [0.29, 0.717) is 5.82 Å². The summed E-state index contributed by atoms with van der Waals surface area (Å²) in [6.45, 7) is 5.14. The second kappa shape index (κ2) is 6.10. The van der Waals surface area contributed by atoms with Crippen LogP contribution >= 0.6 is 0 Å². The van der Waals surface area contributed by atoms with Crippen molar-refractivity contribution in [2.24, 2.45) is 0 Å². The van der Waals surface area contributed by atoms with Gasteiger partial charge in [-0.3, -0.25) is 4.98 Å². The first kappa shape index (κ1) is 12.5. The minimum Gasteiger partial charge on any atom is -0.370 e. The molecule has 0 saturated heterocycles. The number of anilines is 1. The van der Waals surface area contributed by atoms with Crippen molar-refractivity contribution in [1.82, 2.24) is 15.0 Å². The highest BCUT2D eigenvalue weighted by Crippen LogP contribution is 2.15. The van der Waals surface area contributed by atoms with Gasteiger partial charge in [0.15, 0.2) is 5.82 Å². The zero-order valence-electron chi connectivity index (χ0n) is 10.8. The highest BCUT2D eigenvalue weighted by atomic mass is 15.0. The fourth-order valence-corrected chi connectivity index (χ4v) is 1.63. The van der Waals surface area contributed by atoms with Crippen LogP contribution in [0.5, 0.6) is 0 Å². The number of aromatic nitrogens is 3. The molecule has 4 nitrogen and oxygen atoms in total. The number of rotatable bonds is 5. The van der Waals surface area contributed by atoms with Crippen LogP contribution in [0.2, 0.25) is 0 Å². The second-order valence-corrected chi connectivity index (χ2v) is 4.06. The van der Waals surface area contributed by atoms with Crippen LogP contribution in [-0.4, -0.2) is 21.5 Å². The minimum atomic E-state index is 0.688. The van der Waals surface area contributed by atoms with Crippen molar-refractivity contribution in [2.45, 2.75) is 26.7 Å². The smallest absolute Gasteiger partial charge is 0.180 e. The van der Waals surface area contributed by atoms with E-state index in [4.69, 9.17) is 0 Å². The van der Waals surface area contributed by atoms with Gasteiger partial charge in [0, 0.05) is 24.5 Å². The molecule has 4 heteroatoms. The maximum absolute atomic E-state index is 4.52. The van der Waals surface area contributed by atoms with Crippen molar-refractivity contribution in [2.75, 3.05) is 11.9 Å². The molecule has 18 heavy (non-hydrogen) atoms. The number of hydrogen-bond donors (Lipinski definition) is 1. The van der Waals surface area contributed by atoms with E-state index in [2.05, 4.69) is 34.1 Å². The third-order valence-corrected chi connectivity index (χ3v) is 2.59. The summed E-state index contributed by atoms with van der Waals surface area (Å²) >= 11 is 0. The molecule has 2 aromatic heterocycles. The first-order chi connectivity index (χ1) is 8.83. The van der Waals surface area contributed by atoms with Gasteiger partial charge in [-0.25, -0.2) is 9.97 Å². The predicted molar refractivity (Wildman–Crippen MR) is 73.4 cm³/mol. The Bertz CT molecular complexity index is 496. The minimum absolute atomic E-state index is 0.688. The van der Waals surface area contributed by atoms with Gasteiger partial charge in [0.1, 0.15) is 11.5 Å². The molecule has 0 atom stereocenters. The molecule has 0 aliphatic heterocycles. The van der Waals surface area contributed by atoms with Gasteiger partial charge in [-0.2, -0.15) is 0 Å². The van der Waals surface area contributed by atoms with Gasteiger partial charge in [-0.1, -0.05) is 19.9 Å². The van der Waals surface area contributed by atoms with Gasteiger partial charge >= 0.3 is 0 Å². The van der Waals surface area contributed by atoms with Gasteiger partial charge in [0.05, 0.1) is 0 Å². The molecule has 0 saturated carbocycles. The summed E-state index contributed by atoms with van der Waals surface area (Å²) in [6.07, 6.45) is 3.73. The number of nitrogens with zero attached hydrogens (tertiary/aromatic N) is 3. The van der Waals surface area contributed by atoms with Crippen LogP contribution in [0.3, 0.4) is 0 Å². The third kappa shape index (κ3) is 3.03. The standard InChI is InChI=1S/C14H18N4/c1-3-8-16-13-10-11(4-2)17-14(18-13)12-7-5-6-9-15-12/h5-7,9-10H,3-4,8H2,1-2H3,(H,16,17,18). The van der Waals surface area contributed by atoms with Gasteiger partial charge in [0.25, 0.3) is 0 Å². The zero-order chi connectivity index (χ0) is 12.8. The van der Waals surface area contributed by atoms with E-state index in [0.717, 1.165) is 36.6 Å². The fourth-order valence-electron chi connectivity index (χ4n) is 1.63. The topological polar surface area (TPSA) is 50.7 Å². The molecule has 0 aromatic carbocycles. The molecule has 2 aromatic rings. The average molecular weight is 242 g/mol. The largest absolute Gasteiger partial charge is 0.370 e. The van der Waals surface area contributed by atoms with Crippen LogP contribution in [0.1, 0.15) is 26.0 Å². The Morgan fingerprint density at radius 1 is 1.17 bits per heavy atom. The molecule has 0 unspecified atom stereocenters. The normalized spacial score (nSPS) is 10.3. The van der Waals surface area contributed by atoms with E-state index in [1.54, 1.807) is 6.20 Å². The van der Waals surface area contributed by atoms with Crippen LogP contribution in [0.4, 0.5) is 5.82 Å². The Morgan fingerprint density at radius 3 is 2.72 bits per heavy atom. The Balaban J connectivity index is 2.35. The lowest BCUT2D eigenvalue weighted by Crippen LogP contribution is -2.05. The summed E-state index contributed by atoms with van der Waals surface area (Å²) in [5, 5.41) is 3.30. The van der Waals surface area contributed by atoms with E-state index < -0.39 is 0 Å². The highest BCUT2D eigenvalue weighted by Gasteiger charge is 2.06. The van der Waals surface area contributed by atoms with Crippen LogP contribution in [0.15, 0.2) is 30.5 Å². The predicted octanol–water partition coefficient (Wildman–Crippen LogP) is 2.92. The van der Waals surface area contributed by atoms with Crippen LogP contribution in [-0.2, 0) is 6.42 Å². The first-order valence-electron chi connectivity index (χ1n) is 6.36. The third-order valence-electron chi connectivity index (χ3n) is 2.59.